The highest BCUT2D eigenvalue weighted by Gasteiger charge is 2.12. The molecule has 1 aromatic carbocycles. The number of halogens is 1. The Balaban J connectivity index is 1.70. The summed E-state index contributed by atoms with van der Waals surface area (Å²) in [4.78, 5) is 0. The van der Waals surface area contributed by atoms with E-state index in [-0.39, 0.29) is 5.82 Å². The summed E-state index contributed by atoms with van der Waals surface area (Å²) in [6, 6.07) is 5.68. The van der Waals surface area contributed by atoms with E-state index < -0.39 is 0 Å². The largest absolute Gasteiger partial charge is 0.315 e. The van der Waals surface area contributed by atoms with Gasteiger partial charge in [0, 0.05) is 12.6 Å². The molecule has 1 atom stereocenters. The van der Waals surface area contributed by atoms with Gasteiger partial charge in [-0.15, -0.1) is 0 Å². The van der Waals surface area contributed by atoms with Crippen LogP contribution in [-0.4, -0.2) is 25.7 Å². The Kier molecular flexibility index (Phi) is 4.51. The van der Waals surface area contributed by atoms with Crippen molar-refractivity contribution < 1.29 is 4.39 Å². The van der Waals surface area contributed by atoms with Crippen molar-refractivity contribution in [1.82, 2.24) is 10.6 Å². The third-order valence-electron chi connectivity index (χ3n) is 3.43. The number of hydrogen-bond donors (Lipinski definition) is 2. The lowest BCUT2D eigenvalue weighted by Gasteiger charge is -2.12. The molecule has 2 rings (SSSR count). The van der Waals surface area contributed by atoms with Crippen LogP contribution in [0.1, 0.15) is 24.0 Å². The van der Waals surface area contributed by atoms with Gasteiger partial charge in [0.1, 0.15) is 5.82 Å². The zero-order valence-corrected chi connectivity index (χ0v) is 10.4. The summed E-state index contributed by atoms with van der Waals surface area (Å²) in [5.74, 6) is -0.144. The summed E-state index contributed by atoms with van der Waals surface area (Å²) in [6.45, 7) is 5.13. The summed E-state index contributed by atoms with van der Waals surface area (Å²) in [5, 5.41) is 6.92. The fraction of sp³-hybridized carbons (Fsp3) is 0.571. The Morgan fingerprint density at radius 3 is 3.06 bits per heavy atom. The number of hydrogen-bond acceptors (Lipinski definition) is 2. The van der Waals surface area contributed by atoms with Crippen LogP contribution in [0.3, 0.4) is 0 Å². The predicted octanol–water partition coefficient (Wildman–Crippen LogP) is 2.02. The molecule has 0 bridgehead atoms. The Morgan fingerprint density at radius 2 is 2.35 bits per heavy atom. The predicted molar refractivity (Wildman–Crippen MR) is 68.7 cm³/mol. The van der Waals surface area contributed by atoms with Crippen molar-refractivity contribution in [3.63, 3.8) is 0 Å². The van der Waals surface area contributed by atoms with Crippen molar-refractivity contribution in [3.05, 3.63) is 35.1 Å². The lowest BCUT2D eigenvalue weighted by Crippen LogP contribution is -2.34. The topological polar surface area (TPSA) is 24.1 Å². The first-order valence-corrected chi connectivity index (χ1v) is 6.45. The third-order valence-corrected chi connectivity index (χ3v) is 3.43. The molecule has 3 heteroatoms. The van der Waals surface area contributed by atoms with Crippen LogP contribution in [0.4, 0.5) is 4.39 Å². The molecule has 0 aliphatic carbocycles. The molecule has 0 radical (unpaired) electrons. The standard InChI is InChI=1S/C14H21FN2/c1-11-9-13(15)5-4-12(11)6-8-16-10-14-3-2-7-17-14/h4-5,9,14,16-17H,2-3,6-8,10H2,1H3. The van der Waals surface area contributed by atoms with Crippen LogP contribution in [0.25, 0.3) is 0 Å². The van der Waals surface area contributed by atoms with Crippen molar-refractivity contribution >= 4 is 0 Å². The van der Waals surface area contributed by atoms with E-state index in [1.807, 2.05) is 13.0 Å². The van der Waals surface area contributed by atoms with Crippen molar-refractivity contribution in [2.75, 3.05) is 19.6 Å². The van der Waals surface area contributed by atoms with Crippen molar-refractivity contribution in [1.29, 1.82) is 0 Å². The molecule has 1 aliphatic heterocycles. The van der Waals surface area contributed by atoms with Crippen LogP contribution in [-0.2, 0) is 6.42 Å². The molecule has 1 aromatic rings. The molecule has 1 fully saturated rings. The van der Waals surface area contributed by atoms with Crippen LogP contribution >= 0.6 is 0 Å². The maximum atomic E-state index is 12.9. The summed E-state index contributed by atoms with van der Waals surface area (Å²) < 4.78 is 12.9. The molecule has 1 saturated heterocycles. The molecule has 0 aromatic heterocycles. The Labute approximate surface area is 103 Å². The van der Waals surface area contributed by atoms with Crippen molar-refractivity contribution in [2.45, 2.75) is 32.2 Å². The molecule has 2 nitrogen and oxygen atoms in total. The third kappa shape index (κ3) is 3.79. The minimum atomic E-state index is -0.144. The maximum Gasteiger partial charge on any atom is 0.123 e. The molecular weight excluding hydrogens is 215 g/mol. The molecule has 1 aliphatic rings. The quantitative estimate of drug-likeness (QED) is 0.764. The molecule has 0 amide bonds. The molecule has 0 spiro atoms. The smallest absolute Gasteiger partial charge is 0.123 e. The average molecular weight is 236 g/mol. The van der Waals surface area contributed by atoms with Crippen LogP contribution < -0.4 is 10.6 Å². The van der Waals surface area contributed by atoms with Crippen molar-refractivity contribution in [2.24, 2.45) is 0 Å². The zero-order valence-electron chi connectivity index (χ0n) is 10.4. The van der Waals surface area contributed by atoms with Gasteiger partial charge in [0.25, 0.3) is 0 Å². The van der Waals surface area contributed by atoms with Gasteiger partial charge in [0.15, 0.2) is 0 Å². The fourth-order valence-electron chi connectivity index (χ4n) is 2.37. The SMILES string of the molecule is Cc1cc(F)ccc1CCNCC1CCCN1. The minimum absolute atomic E-state index is 0.144. The number of rotatable bonds is 5. The first kappa shape index (κ1) is 12.5. The summed E-state index contributed by atoms with van der Waals surface area (Å²) >= 11 is 0. The first-order chi connectivity index (χ1) is 8.25. The van der Waals surface area contributed by atoms with Gasteiger partial charge in [-0.3, -0.25) is 0 Å². The van der Waals surface area contributed by atoms with Crippen molar-refractivity contribution in [3.8, 4) is 0 Å². The van der Waals surface area contributed by atoms with Gasteiger partial charge < -0.3 is 10.6 Å². The molecule has 0 saturated carbocycles. The molecular formula is C14H21FN2. The number of benzene rings is 1. The molecule has 17 heavy (non-hydrogen) atoms. The van der Waals surface area contributed by atoms with Gasteiger partial charge in [-0.25, -0.2) is 4.39 Å². The normalized spacial score (nSPS) is 19.8. The zero-order chi connectivity index (χ0) is 12.1. The van der Waals surface area contributed by atoms with E-state index in [1.165, 1.54) is 18.4 Å². The lowest BCUT2D eigenvalue weighted by molar-refractivity contribution is 0.537. The second-order valence-corrected chi connectivity index (χ2v) is 4.82. The molecule has 1 unspecified atom stereocenters. The lowest BCUT2D eigenvalue weighted by atomic mass is 10.1. The van der Waals surface area contributed by atoms with E-state index in [0.29, 0.717) is 6.04 Å². The molecule has 2 N–H and O–H groups in total. The summed E-state index contributed by atoms with van der Waals surface area (Å²) in [5.41, 5.74) is 2.28. The van der Waals surface area contributed by atoms with Crippen LogP contribution in [0.15, 0.2) is 18.2 Å². The second kappa shape index (κ2) is 6.12. The van der Waals surface area contributed by atoms with E-state index in [4.69, 9.17) is 0 Å². The first-order valence-electron chi connectivity index (χ1n) is 6.45. The minimum Gasteiger partial charge on any atom is -0.315 e. The van der Waals surface area contributed by atoms with E-state index in [9.17, 15) is 4.39 Å². The van der Waals surface area contributed by atoms with Gasteiger partial charge in [0.05, 0.1) is 0 Å². The Bertz CT molecular complexity index is 359. The average Bonchev–Trinajstić information content (AvgIpc) is 2.79. The highest BCUT2D eigenvalue weighted by Crippen LogP contribution is 2.10. The van der Waals surface area contributed by atoms with Gasteiger partial charge in [-0.2, -0.15) is 0 Å². The number of aryl methyl sites for hydroxylation is 1. The van der Waals surface area contributed by atoms with Gasteiger partial charge in [-0.1, -0.05) is 6.07 Å². The Morgan fingerprint density at radius 1 is 1.47 bits per heavy atom. The van der Waals surface area contributed by atoms with Crippen LogP contribution in [0, 0.1) is 12.7 Å². The van der Waals surface area contributed by atoms with E-state index in [1.54, 1.807) is 12.1 Å². The van der Waals surface area contributed by atoms with Gasteiger partial charge in [0.2, 0.25) is 0 Å². The number of nitrogens with one attached hydrogen (secondary N) is 2. The second-order valence-electron chi connectivity index (χ2n) is 4.82. The highest BCUT2D eigenvalue weighted by atomic mass is 19.1. The monoisotopic (exact) mass is 236 g/mol. The Hall–Kier alpha value is -0.930. The van der Waals surface area contributed by atoms with E-state index in [0.717, 1.165) is 31.6 Å². The maximum absolute atomic E-state index is 12.9. The van der Waals surface area contributed by atoms with Gasteiger partial charge in [-0.05, 0) is 62.5 Å². The molecule has 94 valence electrons. The van der Waals surface area contributed by atoms with E-state index in [2.05, 4.69) is 10.6 Å². The van der Waals surface area contributed by atoms with Crippen LogP contribution in [0.2, 0.25) is 0 Å². The van der Waals surface area contributed by atoms with Gasteiger partial charge >= 0.3 is 0 Å². The van der Waals surface area contributed by atoms with E-state index >= 15 is 0 Å². The summed E-state index contributed by atoms with van der Waals surface area (Å²) in [7, 11) is 0. The fourth-order valence-corrected chi connectivity index (χ4v) is 2.37. The van der Waals surface area contributed by atoms with Crippen LogP contribution in [0.5, 0.6) is 0 Å². The summed E-state index contributed by atoms with van der Waals surface area (Å²) in [6.07, 6.45) is 3.55. The molecule has 1 heterocycles. The highest BCUT2D eigenvalue weighted by molar-refractivity contribution is 5.26.